The number of anilines is 1. The molecule has 3 aromatic carbocycles. The maximum absolute atomic E-state index is 14.7. The van der Waals surface area contributed by atoms with Crippen LogP contribution < -0.4 is 10.9 Å². The Morgan fingerprint density at radius 1 is 1.14 bits per heavy atom. The van der Waals surface area contributed by atoms with Crippen LogP contribution in [0.3, 0.4) is 0 Å². The smallest absolute Gasteiger partial charge is 0.263 e. The largest absolute Gasteiger partial charge is 0.505 e. The summed E-state index contributed by atoms with van der Waals surface area (Å²) >= 11 is 11.9. The summed E-state index contributed by atoms with van der Waals surface area (Å²) in [5.74, 6) is -1.42. The quantitative estimate of drug-likeness (QED) is 0.342. The molecule has 0 spiro atoms. The molecule has 0 saturated heterocycles. The average molecular weight is 526 g/mol. The fourth-order valence-electron chi connectivity index (χ4n) is 4.13. The van der Waals surface area contributed by atoms with Crippen molar-refractivity contribution < 1.29 is 14.3 Å². The van der Waals surface area contributed by atoms with E-state index in [9.17, 15) is 19.1 Å². The number of fused-ring (bicyclic) bond motifs is 2. The monoisotopic (exact) mass is 525 g/mol. The van der Waals surface area contributed by atoms with Crippen molar-refractivity contribution in [2.75, 3.05) is 5.32 Å². The molecule has 0 fully saturated rings. The van der Waals surface area contributed by atoms with Crippen LogP contribution >= 0.6 is 23.2 Å². The zero-order valence-corrected chi connectivity index (χ0v) is 20.5. The molecule has 0 unspecified atom stereocenters. The van der Waals surface area contributed by atoms with Crippen molar-refractivity contribution >= 4 is 56.6 Å². The summed E-state index contributed by atoms with van der Waals surface area (Å²) in [4.78, 5) is 30.9. The number of nitrogens with one attached hydrogen (secondary N) is 1. The number of aromatic hydroxyl groups is 1. The standard InChI is InChI=1S/C25H18Cl2FN5O3/c1-12-29-22-17(28)7-8-18(30-24(35)13-9-15(26)23(34)16(27)10-13)21(22)25(36)33(12)11-19-14-5-3-4-6-20(14)32(2)31-19/h3-10,34H,11H2,1-2H3,(H,30,35). The van der Waals surface area contributed by atoms with E-state index in [2.05, 4.69) is 15.4 Å². The normalized spacial score (nSPS) is 11.4. The maximum Gasteiger partial charge on any atom is 0.263 e. The third kappa shape index (κ3) is 3.96. The molecule has 5 rings (SSSR count). The molecular weight excluding hydrogens is 508 g/mol. The van der Waals surface area contributed by atoms with Gasteiger partial charge in [0, 0.05) is 18.0 Å². The lowest BCUT2D eigenvalue weighted by atomic mass is 10.1. The second kappa shape index (κ2) is 8.92. The third-order valence-electron chi connectivity index (χ3n) is 5.92. The number of para-hydroxylation sites is 1. The van der Waals surface area contributed by atoms with Crippen LogP contribution in [-0.4, -0.2) is 30.3 Å². The number of carbonyl (C=O) groups excluding carboxylic acids is 1. The topological polar surface area (TPSA) is 102 Å². The highest BCUT2D eigenvalue weighted by Crippen LogP contribution is 2.33. The zero-order valence-electron chi connectivity index (χ0n) is 19.0. The zero-order chi connectivity index (χ0) is 25.7. The number of halogens is 3. The number of nitrogens with zero attached hydrogens (tertiary/aromatic N) is 4. The fraction of sp³-hybridized carbons (Fsp3) is 0.120. The lowest BCUT2D eigenvalue weighted by Gasteiger charge is -2.14. The molecule has 2 aromatic heterocycles. The van der Waals surface area contributed by atoms with Crippen molar-refractivity contribution in [2.24, 2.45) is 7.05 Å². The summed E-state index contributed by atoms with van der Waals surface area (Å²) in [5, 5.41) is 17.5. The predicted octanol–water partition coefficient (Wildman–Crippen LogP) is 5.04. The van der Waals surface area contributed by atoms with E-state index in [1.54, 1.807) is 11.6 Å². The van der Waals surface area contributed by atoms with Crippen molar-refractivity contribution in [3.63, 3.8) is 0 Å². The van der Waals surface area contributed by atoms with E-state index in [0.717, 1.165) is 17.0 Å². The molecule has 0 radical (unpaired) electrons. The first-order valence-electron chi connectivity index (χ1n) is 10.8. The first kappa shape index (κ1) is 23.8. The van der Waals surface area contributed by atoms with Crippen molar-refractivity contribution in [2.45, 2.75) is 13.5 Å². The molecule has 0 bridgehead atoms. The minimum Gasteiger partial charge on any atom is -0.505 e. The van der Waals surface area contributed by atoms with Crippen LogP contribution in [0.15, 0.2) is 53.3 Å². The molecule has 0 aliphatic carbocycles. The molecule has 36 heavy (non-hydrogen) atoms. The lowest BCUT2D eigenvalue weighted by Crippen LogP contribution is -2.26. The summed E-state index contributed by atoms with van der Waals surface area (Å²) in [6.07, 6.45) is 0. The van der Waals surface area contributed by atoms with Gasteiger partial charge in [0.1, 0.15) is 17.2 Å². The van der Waals surface area contributed by atoms with Gasteiger partial charge in [0.25, 0.3) is 11.5 Å². The summed E-state index contributed by atoms with van der Waals surface area (Å²) in [6.45, 7) is 1.71. The Bertz CT molecular complexity index is 1740. The first-order valence-corrected chi connectivity index (χ1v) is 11.5. The summed E-state index contributed by atoms with van der Waals surface area (Å²) in [6, 6.07) is 12.5. The van der Waals surface area contributed by atoms with E-state index in [4.69, 9.17) is 23.2 Å². The second-order valence-electron chi connectivity index (χ2n) is 8.20. The molecule has 2 heterocycles. The Labute approximate surface area is 213 Å². The van der Waals surface area contributed by atoms with Crippen molar-refractivity contribution in [3.8, 4) is 5.75 Å². The van der Waals surface area contributed by atoms with Gasteiger partial charge in [-0.3, -0.25) is 18.8 Å². The Balaban J connectivity index is 1.62. The predicted molar refractivity (Wildman–Crippen MR) is 137 cm³/mol. The van der Waals surface area contributed by atoms with Crippen molar-refractivity contribution in [1.29, 1.82) is 0 Å². The molecule has 182 valence electrons. The fourth-order valence-corrected chi connectivity index (χ4v) is 4.62. The molecule has 0 atom stereocenters. The number of hydrogen-bond donors (Lipinski definition) is 2. The van der Waals surface area contributed by atoms with Gasteiger partial charge in [-0.2, -0.15) is 5.10 Å². The van der Waals surface area contributed by atoms with Crippen LogP contribution in [0, 0.1) is 12.7 Å². The number of aryl methyl sites for hydroxylation is 2. The molecular formula is C25H18Cl2FN5O3. The van der Waals surface area contributed by atoms with Crippen molar-refractivity contribution in [3.05, 3.63) is 91.8 Å². The molecule has 11 heteroatoms. The lowest BCUT2D eigenvalue weighted by molar-refractivity contribution is 0.102. The number of amides is 1. The molecule has 2 N–H and O–H groups in total. The maximum atomic E-state index is 14.7. The summed E-state index contributed by atoms with van der Waals surface area (Å²) in [7, 11) is 1.81. The van der Waals surface area contributed by atoms with E-state index < -0.39 is 17.3 Å². The van der Waals surface area contributed by atoms with Crippen LogP contribution in [0.2, 0.25) is 10.0 Å². The SMILES string of the molecule is Cc1nc2c(F)ccc(NC(=O)c3cc(Cl)c(O)c(Cl)c3)c2c(=O)n1Cc1nn(C)c2ccccc12. The second-order valence-corrected chi connectivity index (χ2v) is 9.01. The van der Waals surface area contributed by atoms with E-state index in [-0.39, 0.29) is 44.5 Å². The number of carbonyl (C=O) groups is 1. The summed E-state index contributed by atoms with van der Waals surface area (Å²) in [5.41, 5.74) is 0.949. The van der Waals surface area contributed by atoms with E-state index in [0.29, 0.717) is 11.5 Å². The van der Waals surface area contributed by atoms with Gasteiger partial charge in [0.2, 0.25) is 0 Å². The van der Waals surface area contributed by atoms with Gasteiger partial charge in [-0.05, 0) is 37.3 Å². The van der Waals surface area contributed by atoms with Crippen molar-refractivity contribution in [1.82, 2.24) is 19.3 Å². The van der Waals surface area contributed by atoms with Gasteiger partial charge < -0.3 is 10.4 Å². The van der Waals surface area contributed by atoms with Gasteiger partial charge in [-0.15, -0.1) is 0 Å². The van der Waals surface area contributed by atoms with E-state index in [1.165, 1.54) is 22.8 Å². The van der Waals surface area contributed by atoms with Gasteiger partial charge >= 0.3 is 0 Å². The van der Waals surface area contributed by atoms with E-state index in [1.807, 2.05) is 31.3 Å². The van der Waals surface area contributed by atoms with Gasteiger partial charge in [0.15, 0.2) is 5.75 Å². The highest BCUT2D eigenvalue weighted by molar-refractivity contribution is 6.37. The Kier molecular flexibility index (Phi) is 5.89. The third-order valence-corrected chi connectivity index (χ3v) is 6.50. The highest BCUT2D eigenvalue weighted by atomic mass is 35.5. The minimum absolute atomic E-state index is 0.0422. The van der Waals surface area contributed by atoms with Crippen LogP contribution in [-0.2, 0) is 13.6 Å². The molecule has 0 saturated carbocycles. The molecule has 8 nitrogen and oxygen atoms in total. The average Bonchev–Trinajstić information content (AvgIpc) is 3.17. The van der Waals surface area contributed by atoms with Crippen LogP contribution in [0.1, 0.15) is 21.9 Å². The van der Waals surface area contributed by atoms with Gasteiger partial charge in [-0.1, -0.05) is 41.4 Å². The van der Waals surface area contributed by atoms with Gasteiger partial charge in [0.05, 0.1) is 38.9 Å². The van der Waals surface area contributed by atoms with E-state index >= 15 is 0 Å². The molecule has 5 aromatic rings. The van der Waals surface area contributed by atoms with Crippen LogP contribution in [0.5, 0.6) is 5.75 Å². The number of rotatable bonds is 4. The minimum atomic E-state index is -0.700. The molecule has 1 amide bonds. The number of aromatic nitrogens is 4. The molecule has 0 aliphatic heterocycles. The van der Waals surface area contributed by atoms with Crippen LogP contribution in [0.25, 0.3) is 21.8 Å². The first-order chi connectivity index (χ1) is 17.2. The number of phenols is 1. The number of phenolic OH excluding ortho intramolecular Hbond substituents is 1. The number of hydrogen-bond acceptors (Lipinski definition) is 5. The Hall–Kier alpha value is -3.95. The highest BCUT2D eigenvalue weighted by Gasteiger charge is 2.20. The Morgan fingerprint density at radius 3 is 2.56 bits per heavy atom. The van der Waals surface area contributed by atoms with Crippen LogP contribution in [0.4, 0.5) is 10.1 Å². The summed E-state index contributed by atoms with van der Waals surface area (Å²) < 4.78 is 17.8. The Morgan fingerprint density at radius 2 is 1.83 bits per heavy atom. The number of benzene rings is 3. The molecule has 0 aliphatic rings. The van der Waals surface area contributed by atoms with Gasteiger partial charge in [-0.25, -0.2) is 9.37 Å².